The molecule has 0 fully saturated rings. The molecule has 3 rings (SSSR count). The fraction of sp³-hybridized carbons (Fsp3) is 0.316. The Hall–Kier alpha value is -2.49. The van der Waals surface area contributed by atoms with E-state index < -0.39 is 0 Å². The molecule has 2 aromatic carbocycles. The standard InChI is InChI=1S/C19H21NO3/c1-19(2)12-22-16-9-8-15(10-17(16)23-13-19)18(21)20-11-14-6-4-3-5-7-14/h3-10H,11-13H2,1-2H3,(H,20,21). The average Bonchev–Trinajstić information content (AvgIpc) is 2.72. The maximum Gasteiger partial charge on any atom is 0.251 e. The summed E-state index contributed by atoms with van der Waals surface area (Å²) in [5, 5.41) is 2.92. The minimum Gasteiger partial charge on any atom is -0.489 e. The predicted molar refractivity (Wildman–Crippen MR) is 88.8 cm³/mol. The van der Waals surface area contributed by atoms with Crippen LogP contribution in [0.3, 0.4) is 0 Å². The third-order valence-corrected chi connectivity index (χ3v) is 3.74. The molecule has 0 saturated heterocycles. The van der Waals surface area contributed by atoms with Gasteiger partial charge in [0.25, 0.3) is 5.91 Å². The molecule has 0 atom stereocenters. The second-order valence-corrected chi connectivity index (χ2v) is 6.57. The molecule has 0 aromatic heterocycles. The first kappa shape index (κ1) is 15.4. The van der Waals surface area contributed by atoms with Crippen molar-refractivity contribution in [3.05, 3.63) is 59.7 Å². The summed E-state index contributed by atoms with van der Waals surface area (Å²) in [7, 11) is 0. The van der Waals surface area contributed by atoms with E-state index >= 15 is 0 Å². The number of amides is 1. The minimum absolute atomic E-state index is 0.0469. The van der Waals surface area contributed by atoms with E-state index in [2.05, 4.69) is 19.2 Å². The first-order chi connectivity index (χ1) is 11.0. The van der Waals surface area contributed by atoms with Crippen LogP contribution < -0.4 is 14.8 Å². The van der Waals surface area contributed by atoms with Gasteiger partial charge in [0.15, 0.2) is 11.5 Å². The molecule has 4 heteroatoms. The van der Waals surface area contributed by atoms with Gasteiger partial charge >= 0.3 is 0 Å². The summed E-state index contributed by atoms with van der Waals surface area (Å²) in [6.07, 6.45) is 0. The first-order valence-electron chi connectivity index (χ1n) is 7.75. The van der Waals surface area contributed by atoms with Crippen molar-refractivity contribution in [2.24, 2.45) is 5.41 Å². The van der Waals surface area contributed by atoms with Crippen LogP contribution in [0.25, 0.3) is 0 Å². The van der Waals surface area contributed by atoms with Crippen LogP contribution in [0.15, 0.2) is 48.5 Å². The van der Waals surface area contributed by atoms with Crippen molar-refractivity contribution in [3.63, 3.8) is 0 Å². The van der Waals surface area contributed by atoms with E-state index in [1.807, 2.05) is 30.3 Å². The van der Waals surface area contributed by atoms with Crippen molar-refractivity contribution in [2.45, 2.75) is 20.4 Å². The molecular formula is C19H21NO3. The lowest BCUT2D eigenvalue weighted by atomic mass is 9.97. The monoisotopic (exact) mass is 311 g/mol. The number of benzene rings is 2. The number of ether oxygens (including phenoxy) is 2. The number of fused-ring (bicyclic) bond motifs is 1. The van der Waals surface area contributed by atoms with Gasteiger partial charge in [-0.3, -0.25) is 4.79 Å². The summed E-state index contributed by atoms with van der Waals surface area (Å²) in [4.78, 5) is 12.3. The van der Waals surface area contributed by atoms with Gasteiger partial charge in [-0.25, -0.2) is 0 Å². The predicted octanol–water partition coefficient (Wildman–Crippen LogP) is 3.41. The Bertz CT molecular complexity index is 695. The highest BCUT2D eigenvalue weighted by atomic mass is 16.5. The van der Waals surface area contributed by atoms with Gasteiger partial charge in [-0.15, -0.1) is 0 Å². The van der Waals surface area contributed by atoms with Gasteiger partial charge in [0.05, 0.1) is 13.2 Å². The van der Waals surface area contributed by atoms with Crippen molar-refractivity contribution >= 4 is 5.91 Å². The van der Waals surface area contributed by atoms with E-state index in [-0.39, 0.29) is 11.3 Å². The molecule has 1 heterocycles. The maximum absolute atomic E-state index is 12.3. The summed E-state index contributed by atoms with van der Waals surface area (Å²) in [5.74, 6) is 1.20. The maximum atomic E-state index is 12.3. The van der Waals surface area contributed by atoms with Gasteiger partial charge in [-0.05, 0) is 23.8 Å². The highest BCUT2D eigenvalue weighted by Crippen LogP contribution is 2.34. The van der Waals surface area contributed by atoms with E-state index in [1.54, 1.807) is 18.2 Å². The topological polar surface area (TPSA) is 47.6 Å². The molecule has 0 radical (unpaired) electrons. The summed E-state index contributed by atoms with van der Waals surface area (Å²) in [5.41, 5.74) is 1.59. The summed E-state index contributed by atoms with van der Waals surface area (Å²) in [6, 6.07) is 15.1. The lowest BCUT2D eigenvalue weighted by Gasteiger charge is -2.19. The van der Waals surface area contributed by atoms with Gasteiger partial charge in [0, 0.05) is 17.5 Å². The highest BCUT2D eigenvalue weighted by molar-refractivity contribution is 5.94. The third-order valence-electron chi connectivity index (χ3n) is 3.74. The van der Waals surface area contributed by atoms with Crippen LogP contribution in [0.5, 0.6) is 11.5 Å². The van der Waals surface area contributed by atoms with Crippen molar-refractivity contribution in [2.75, 3.05) is 13.2 Å². The zero-order valence-electron chi connectivity index (χ0n) is 13.5. The Morgan fingerprint density at radius 3 is 2.48 bits per heavy atom. The lowest BCUT2D eigenvalue weighted by molar-refractivity contribution is 0.0950. The Labute approximate surface area is 136 Å². The molecule has 2 aromatic rings. The number of hydrogen-bond acceptors (Lipinski definition) is 3. The number of nitrogens with one attached hydrogen (secondary N) is 1. The van der Waals surface area contributed by atoms with E-state index in [4.69, 9.17) is 9.47 Å². The second-order valence-electron chi connectivity index (χ2n) is 6.57. The summed E-state index contributed by atoms with van der Waals surface area (Å²) >= 11 is 0. The van der Waals surface area contributed by atoms with Crippen molar-refractivity contribution in [1.82, 2.24) is 5.32 Å². The number of rotatable bonds is 3. The second kappa shape index (κ2) is 6.32. The smallest absolute Gasteiger partial charge is 0.251 e. The average molecular weight is 311 g/mol. The molecule has 0 aliphatic carbocycles. The zero-order valence-corrected chi connectivity index (χ0v) is 13.5. The first-order valence-corrected chi connectivity index (χ1v) is 7.75. The molecule has 0 bridgehead atoms. The SMILES string of the molecule is CC1(C)COc2ccc(C(=O)NCc3ccccc3)cc2OC1. The zero-order chi connectivity index (χ0) is 16.3. The van der Waals surface area contributed by atoms with Crippen LogP contribution in [0.1, 0.15) is 29.8 Å². The van der Waals surface area contributed by atoms with Crippen molar-refractivity contribution in [3.8, 4) is 11.5 Å². The fourth-order valence-corrected chi connectivity index (χ4v) is 2.35. The Morgan fingerprint density at radius 2 is 1.74 bits per heavy atom. The third kappa shape index (κ3) is 3.83. The minimum atomic E-state index is -0.122. The number of hydrogen-bond donors (Lipinski definition) is 1. The van der Waals surface area contributed by atoms with Crippen LogP contribution in [-0.2, 0) is 6.54 Å². The van der Waals surface area contributed by atoms with E-state index in [0.29, 0.717) is 36.8 Å². The Kier molecular flexibility index (Phi) is 4.24. The summed E-state index contributed by atoms with van der Waals surface area (Å²) in [6.45, 7) is 5.84. The summed E-state index contributed by atoms with van der Waals surface area (Å²) < 4.78 is 11.6. The molecule has 1 aliphatic rings. The quantitative estimate of drug-likeness (QED) is 0.945. The normalized spacial score (nSPS) is 15.6. The molecule has 120 valence electrons. The fourth-order valence-electron chi connectivity index (χ4n) is 2.35. The van der Waals surface area contributed by atoms with E-state index in [9.17, 15) is 4.79 Å². The van der Waals surface area contributed by atoms with Crippen LogP contribution in [0.4, 0.5) is 0 Å². The van der Waals surface area contributed by atoms with Crippen LogP contribution >= 0.6 is 0 Å². The number of carbonyl (C=O) groups excluding carboxylic acids is 1. The highest BCUT2D eigenvalue weighted by Gasteiger charge is 2.25. The molecule has 0 saturated carbocycles. The van der Waals surface area contributed by atoms with Gasteiger partial charge in [-0.1, -0.05) is 44.2 Å². The van der Waals surface area contributed by atoms with Gasteiger partial charge in [0.2, 0.25) is 0 Å². The molecule has 23 heavy (non-hydrogen) atoms. The van der Waals surface area contributed by atoms with Gasteiger partial charge < -0.3 is 14.8 Å². The molecule has 1 aliphatic heterocycles. The molecular weight excluding hydrogens is 290 g/mol. The molecule has 0 spiro atoms. The molecule has 0 unspecified atom stereocenters. The van der Waals surface area contributed by atoms with Crippen LogP contribution in [0.2, 0.25) is 0 Å². The van der Waals surface area contributed by atoms with Crippen molar-refractivity contribution < 1.29 is 14.3 Å². The van der Waals surface area contributed by atoms with E-state index in [0.717, 1.165) is 5.56 Å². The molecule has 1 N–H and O–H groups in total. The lowest BCUT2D eigenvalue weighted by Crippen LogP contribution is -2.26. The Balaban J connectivity index is 1.69. The van der Waals surface area contributed by atoms with Crippen molar-refractivity contribution in [1.29, 1.82) is 0 Å². The largest absolute Gasteiger partial charge is 0.489 e. The van der Waals surface area contributed by atoms with Crippen LogP contribution in [0, 0.1) is 5.41 Å². The van der Waals surface area contributed by atoms with Crippen LogP contribution in [-0.4, -0.2) is 19.1 Å². The molecule has 4 nitrogen and oxygen atoms in total. The van der Waals surface area contributed by atoms with Gasteiger partial charge in [-0.2, -0.15) is 0 Å². The Morgan fingerprint density at radius 1 is 1.04 bits per heavy atom. The van der Waals surface area contributed by atoms with E-state index in [1.165, 1.54) is 0 Å². The van der Waals surface area contributed by atoms with Gasteiger partial charge in [0.1, 0.15) is 0 Å². The molecule has 1 amide bonds. The number of carbonyl (C=O) groups is 1.